The van der Waals surface area contributed by atoms with Crippen LogP contribution in [0.4, 0.5) is 5.69 Å². The molecule has 6 nitrogen and oxygen atoms in total. The average molecular weight is 321 g/mol. The first-order valence-electron chi connectivity index (χ1n) is 7.38. The van der Waals surface area contributed by atoms with Crippen LogP contribution in [-0.4, -0.2) is 15.5 Å². The quantitative estimate of drug-likeness (QED) is 0.769. The van der Waals surface area contributed by atoms with Crippen LogP contribution in [0.5, 0.6) is 0 Å². The lowest BCUT2D eigenvalue weighted by molar-refractivity contribution is 0.102. The first kappa shape index (κ1) is 15.5. The van der Waals surface area contributed by atoms with Crippen LogP contribution in [0, 0.1) is 0 Å². The number of benzene rings is 2. The maximum Gasteiger partial charge on any atom is 0.329 e. The van der Waals surface area contributed by atoms with E-state index in [4.69, 9.17) is 0 Å². The summed E-state index contributed by atoms with van der Waals surface area (Å²) in [5, 5.41) is 2.62. The molecule has 1 aromatic heterocycles. The molecule has 0 aliphatic rings. The van der Waals surface area contributed by atoms with Crippen LogP contribution < -0.4 is 16.6 Å². The van der Waals surface area contributed by atoms with E-state index in [-0.39, 0.29) is 12.2 Å². The molecule has 1 heterocycles. The number of aromatic amines is 1. The number of para-hydroxylation sites is 1. The first-order valence-corrected chi connectivity index (χ1v) is 7.38. The minimum Gasteiger partial charge on any atom is -0.321 e. The molecular weight excluding hydrogens is 306 g/mol. The topological polar surface area (TPSA) is 84.0 Å². The molecule has 0 radical (unpaired) electrons. The Kier molecular flexibility index (Phi) is 4.38. The number of aromatic nitrogens is 2. The number of anilines is 1. The number of H-pyrrole nitrogens is 1. The smallest absolute Gasteiger partial charge is 0.321 e. The van der Waals surface area contributed by atoms with Crippen molar-refractivity contribution in [2.24, 2.45) is 0 Å². The zero-order valence-electron chi connectivity index (χ0n) is 12.7. The van der Waals surface area contributed by atoms with Crippen molar-refractivity contribution >= 4 is 11.6 Å². The number of carbonyl (C=O) groups excluding carboxylic acids is 1. The van der Waals surface area contributed by atoms with E-state index in [9.17, 15) is 14.4 Å². The zero-order valence-corrected chi connectivity index (χ0v) is 12.7. The summed E-state index contributed by atoms with van der Waals surface area (Å²) in [5.41, 5.74) is 0.187. The van der Waals surface area contributed by atoms with Crippen LogP contribution >= 0.6 is 0 Å². The third-order valence-corrected chi connectivity index (χ3v) is 3.48. The maximum atomic E-state index is 12.2. The molecule has 0 saturated carbocycles. The fourth-order valence-electron chi connectivity index (χ4n) is 2.28. The minimum atomic E-state index is -0.621. The SMILES string of the molecule is O=C(Nc1ccccc1)c1cc(=O)n(Cc2ccccc2)c(=O)[nH]1. The molecule has 120 valence electrons. The molecule has 0 atom stereocenters. The Morgan fingerprint density at radius 3 is 2.21 bits per heavy atom. The van der Waals surface area contributed by atoms with Gasteiger partial charge in [-0.15, -0.1) is 0 Å². The highest BCUT2D eigenvalue weighted by Gasteiger charge is 2.11. The molecule has 0 aliphatic heterocycles. The largest absolute Gasteiger partial charge is 0.329 e. The van der Waals surface area contributed by atoms with Crippen molar-refractivity contribution in [2.75, 3.05) is 5.32 Å². The molecule has 0 saturated heterocycles. The summed E-state index contributed by atoms with van der Waals surface area (Å²) >= 11 is 0. The highest BCUT2D eigenvalue weighted by molar-refractivity contribution is 6.02. The summed E-state index contributed by atoms with van der Waals surface area (Å²) in [6, 6.07) is 19.1. The van der Waals surface area contributed by atoms with Gasteiger partial charge in [0.15, 0.2) is 0 Å². The van der Waals surface area contributed by atoms with Gasteiger partial charge in [-0.1, -0.05) is 48.5 Å². The first-order chi connectivity index (χ1) is 11.6. The number of nitrogens with zero attached hydrogens (tertiary/aromatic N) is 1. The van der Waals surface area contributed by atoms with Crippen molar-refractivity contribution < 1.29 is 4.79 Å². The second kappa shape index (κ2) is 6.78. The summed E-state index contributed by atoms with van der Waals surface area (Å²) in [5.74, 6) is -0.540. The minimum absolute atomic E-state index is 0.0711. The monoisotopic (exact) mass is 321 g/mol. The van der Waals surface area contributed by atoms with Crippen molar-refractivity contribution in [3.05, 3.63) is 98.8 Å². The van der Waals surface area contributed by atoms with Gasteiger partial charge in [0.25, 0.3) is 11.5 Å². The molecule has 6 heteroatoms. The molecule has 0 bridgehead atoms. The van der Waals surface area contributed by atoms with Gasteiger partial charge in [-0.25, -0.2) is 4.79 Å². The van der Waals surface area contributed by atoms with E-state index in [2.05, 4.69) is 10.3 Å². The van der Waals surface area contributed by atoms with Crippen molar-refractivity contribution in [3.8, 4) is 0 Å². The number of hydrogen-bond donors (Lipinski definition) is 2. The predicted octanol–water partition coefficient (Wildman–Crippen LogP) is 1.84. The van der Waals surface area contributed by atoms with Crippen LogP contribution in [0.3, 0.4) is 0 Å². The van der Waals surface area contributed by atoms with Gasteiger partial charge in [-0.2, -0.15) is 0 Å². The van der Waals surface area contributed by atoms with E-state index in [1.807, 2.05) is 36.4 Å². The molecule has 0 unspecified atom stereocenters. The second-order valence-corrected chi connectivity index (χ2v) is 5.22. The molecule has 0 spiro atoms. The average Bonchev–Trinajstić information content (AvgIpc) is 2.60. The van der Waals surface area contributed by atoms with Crippen molar-refractivity contribution in [1.82, 2.24) is 9.55 Å². The molecule has 2 aromatic carbocycles. The number of carbonyl (C=O) groups is 1. The van der Waals surface area contributed by atoms with Crippen LogP contribution in [0.1, 0.15) is 16.1 Å². The molecule has 0 aliphatic carbocycles. The fourth-order valence-corrected chi connectivity index (χ4v) is 2.28. The van der Waals surface area contributed by atoms with Crippen molar-refractivity contribution in [2.45, 2.75) is 6.54 Å². The Morgan fingerprint density at radius 2 is 1.58 bits per heavy atom. The van der Waals surface area contributed by atoms with E-state index < -0.39 is 17.2 Å². The van der Waals surface area contributed by atoms with Crippen LogP contribution in [0.25, 0.3) is 0 Å². The number of amides is 1. The van der Waals surface area contributed by atoms with E-state index in [0.29, 0.717) is 5.69 Å². The summed E-state index contributed by atoms with van der Waals surface area (Å²) < 4.78 is 1.05. The Labute approximate surface area is 137 Å². The van der Waals surface area contributed by atoms with Gasteiger partial charge in [0.05, 0.1) is 6.54 Å². The third-order valence-electron chi connectivity index (χ3n) is 3.48. The van der Waals surface area contributed by atoms with Gasteiger partial charge >= 0.3 is 5.69 Å². The molecular formula is C18H15N3O3. The lowest BCUT2D eigenvalue weighted by Gasteiger charge is -2.07. The molecule has 3 rings (SSSR count). The summed E-state index contributed by atoms with van der Waals surface area (Å²) in [6.07, 6.45) is 0. The summed E-state index contributed by atoms with van der Waals surface area (Å²) in [4.78, 5) is 38.9. The highest BCUT2D eigenvalue weighted by Crippen LogP contribution is 2.06. The molecule has 0 fully saturated rings. The lowest BCUT2D eigenvalue weighted by atomic mass is 10.2. The standard InChI is InChI=1S/C18H15N3O3/c22-16-11-15(17(23)19-14-9-5-2-6-10-14)20-18(24)21(16)12-13-7-3-1-4-8-13/h1-11H,12H2,(H,19,23)(H,20,24). The third kappa shape index (κ3) is 3.49. The molecule has 1 amide bonds. The predicted molar refractivity (Wildman–Crippen MR) is 91.3 cm³/mol. The van der Waals surface area contributed by atoms with Crippen LogP contribution in [0.15, 0.2) is 76.3 Å². The van der Waals surface area contributed by atoms with Gasteiger partial charge in [0, 0.05) is 11.8 Å². The van der Waals surface area contributed by atoms with Gasteiger partial charge in [0.1, 0.15) is 5.69 Å². The van der Waals surface area contributed by atoms with Gasteiger partial charge in [0.2, 0.25) is 0 Å². The van der Waals surface area contributed by atoms with E-state index >= 15 is 0 Å². The van der Waals surface area contributed by atoms with E-state index in [1.165, 1.54) is 0 Å². The Bertz CT molecular complexity index is 929. The van der Waals surface area contributed by atoms with E-state index in [0.717, 1.165) is 16.2 Å². The Morgan fingerprint density at radius 1 is 0.958 bits per heavy atom. The summed E-state index contributed by atoms with van der Waals surface area (Å²) in [6.45, 7) is 0.148. The Balaban J connectivity index is 1.86. The number of rotatable bonds is 4. The Hall–Kier alpha value is -3.41. The summed E-state index contributed by atoms with van der Waals surface area (Å²) in [7, 11) is 0. The molecule has 24 heavy (non-hydrogen) atoms. The number of hydrogen-bond acceptors (Lipinski definition) is 3. The highest BCUT2D eigenvalue weighted by atomic mass is 16.2. The zero-order chi connectivity index (χ0) is 16.9. The molecule has 3 aromatic rings. The van der Waals surface area contributed by atoms with Crippen LogP contribution in [0.2, 0.25) is 0 Å². The lowest BCUT2D eigenvalue weighted by Crippen LogP contribution is -2.37. The van der Waals surface area contributed by atoms with E-state index in [1.54, 1.807) is 24.3 Å². The molecule has 2 N–H and O–H groups in total. The van der Waals surface area contributed by atoms with Crippen molar-refractivity contribution in [1.29, 1.82) is 0 Å². The number of nitrogens with one attached hydrogen (secondary N) is 2. The normalized spacial score (nSPS) is 10.3. The van der Waals surface area contributed by atoms with Gasteiger partial charge < -0.3 is 10.3 Å². The second-order valence-electron chi connectivity index (χ2n) is 5.22. The van der Waals surface area contributed by atoms with Crippen molar-refractivity contribution in [3.63, 3.8) is 0 Å². The van der Waals surface area contributed by atoms with Crippen LogP contribution in [-0.2, 0) is 6.54 Å². The van der Waals surface area contributed by atoms with Gasteiger partial charge in [-0.05, 0) is 17.7 Å². The maximum absolute atomic E-state index is 12.2. The van der Waals surface area contributed by atoms with Gasteiger partial charge in [-0.3, -0.25) is 14.2 Å². The fraction of sp³-hybridized carbons (Fsp3) is 0.0556.